The van der Waals surface area contributed by atoms with Crippen molar-refractivity contribution in [3.63, 3.8) is 0 Å². The van der Waals surface area contributed by atoms with E-state index in [-0.39, 0.29) is 5.91 Å². The lowest BCUT2D eigenvalue weighted by Gasteiger charge is -2.10. The third-order valence-electron chi connectivity index (χ3n) is 2.86. The second-order valence-electron chi connectivity index (χ2n) is 4.35. The highest BCUT2D eigenvalue weighted by molar-refractivity contribution is 7.80. The number of rotatable bonds is 1. The second-order valence-corrected chi connectivity index (χ2v) is 5.16. The minimum Gasteiger partial charge on any atom is -0.489 e. The van der Waals surface area contributed by atoms with Crippen molar-refractivity contribution < 1.29 is 14.3 Å². The fourth-order valence-corrected chi connectivity index (χ4v) is 2.46. The number of halogens is 1. The molecule has 20 heavy (non-hydrogen) atoms. The average Bonchev–Trinajstić information content (AvgIpc) is 2.61. The van der Waals surface area contributed by atoms with E-state index in [1.165, 1.54) is 0 Å². The maximum atomic E-state index is 11.6. The Morgan fingerprint density at radius 3 is 2.80 bits per heavy atom. The summed E-state index contributed by atoms with van der Waals surface area (Å²) in [5, 5.41) is 6.03. The van der Waals surface area contributed by atoms with Crippen LogP contribution in [-0.2, 0) is 4.79 Å². The van der Waals surface area contributed by atoms with Gasteiger partial charge < -0.3 is 14.8 Å². The largest absolute Gasteiger partial charge is 0.489 e. The molecule has 0 atom stereocenters. The SMILES string of the molecule is O=C1NC(=S)N/C1=C\c1cc(Cl)c2c(c1)OCCCO2. The van der Waals surface area contributed by atoms with Gasteiger partial charge in [0, 0.05) is 6.42 Å². The van der Waals surface area contributed by atoms with E-state index in [4.69, 9.17) is 33.3 Å². The molecule has 2 aliphatic heterocycles. The first-order valence-electron chi connectivity index (χ1n) is 6.06. The molecule has 0 unspecified atom stereocenters. The third-order valence-corrected chi connectivity index (χ3v) is 3.34. The predicted molar refractivity (Wildman–Crippen MR) is 78.9 cm³/mol. The molecule has 7 heteroatoms. The van der Waals surface area contributed by atoms with Gasteiger partial charge in [0.25, 0.3) is 5.91 Å². The molecular formula is C13H11ClN2O3S. The fraction of sp³-hybridized carbons (Fsp3) is 0.231. The van der Waals surface area contributed by atoms with Crippen molar-refractivity contribution in [2.45, 2.75) is 6.42 Å². The Hall–Kier alpha value is -1.79. The van der Waals surface area contributed by atoms with Crippen molar-refractivity contribution in [3.8, 4) is 11.5 Å². The van der Waals surface area contributed by atoms with E-state index >= 15 is 0 Å². The highest BCUT2D eigenvalue weighted by Gasteiger charge is 2.21. The number of carbonyl (C=O) groups is 1. The van der Waals surface area contributed by atoms with Crippen LogP contribution in [0.3, 0.4) is 0 Å². The summed E-state index contributed by atoms with van der Waals surface area (Å²) in [6, 6.07) is 3.51. The van der Waals surface area contributed by atoms with E-state index < -0.39 is 0 Å². The minimum atomic E-state index is -0.266. The number of benzene rings is 1. The number of hydrogen-bond donors (Lipinski definition) is 2. The topological polar surface area (TPSA) is 59.6 Å². The molecule has 0 radical (unpaired) electrons. The molecule has 1 fully saturated rings. The molecule has 5 nitrogen and oxygen atoms in total. The van der Waals surface area contributed by atoms with Crippen LogP contribution in [0.1, 0.15) is 12.0 Å². The predicted octanol–water partition coefficient (Wildman–Crippen LogP) is 1.85. The van der Waals surface area contributed by atoms with Gasteiger partial charge in [-0.1, -0.05) is 11.6 Å². The Kier molecular flexibility index (Phi) is 3.50. The Morgan fingerprint density at radius 1 is 1.25 bits per heavy atom. The van der Waals surface area contributed by atoms with E-state index in [9.17, 15) is 4.79 Å². The summed E-state index contributed by atoms with van der Waals surface area (Å²) in [6.07, 6.45) is 2.47. The summed E-state index contributed by atoms with van der Waals surface area (Å²) in [7, 11) is 0. The van der Waals surface area contributed by atoms with Crippen LogP contribution in [0.15, 0.2) is 17.8 Å². The molecule has 3 rings (SSSR count). The molecule has 1 amide bonds. The molecule has 2 aliphatic rings. The zero-order chi connectivity index (χ0) is 14.1. The first-order valence-corrected chi connectivity index (χ1v) is 6.85. The highest BCUT2D eigenvalue weighted by atomic mass is 35.5. The van der Waals surface area contributed by atoms with Gasteiger partial charge in [-0.25, -0.2) is 0 Å². The van der Waals surface area contributed by atoms with Crippen LogP contribution in [0.4, 0.5) is 0 Å². The Bertz CT molecular complexity index is 630. The number of fused-ring (bicyclic) bond motifs is 1. The van der Waals surface area contributed by atoms with Gasteiger partial charge in [0.2, 0.25) is 0 Å². The second kappa shape index (κ2) is 5.30. The summed E-state index contributed by atoms with van der Waals surface area (Å²) >= 11 is 11.1. The molecule has 0 aromatic heterocycles. The monoisotopic (exact) mass is 310 g/mol. The van der Waals surface area contributed by atoms with Crippen molar-refractivity contribution in [1.82, 2.24) is 10.6 Å². The quantitative estimate of drug-likeness (QED) is 0.612. The van der Waals surface area contributed by atoms with Gasteiger partial charge in [0.15, 0.2) is 16.6 Å². The van der Waals surface area contributed by atoms with Crippen molar-refractivity contribution in [2.24, 2.45) is 0 Å². The lowest BCUT2D eigenvalue weighted by Crippen LogP contribution is -2.21. The minimum absolute atomic E-state index is 0.266. The molecular weight excluding hydrogens is 300 g/mol. The van der Waals surface area contributed by atoms with E-state index in [0.29, 0.717) is 40.5 Å². The summed E-state index contributed by atoms with van der Waals surface area (Å²) < 4.78 is 11.1. The van der Waals surface area contributed by atoms with Crippen molar-refractivity contribution >= 4 is 40.9 Å². The third kappa shape index (κ3) is 2.57. The number of ether oxygens (including phenoxy) is 2. The maximum Gasteiger partial charge on any atom is 0.273 e. The van der Waals surface area contributed by atoms with Gasteiger partial charge in [-0.05, 0) is 36.0 Å². The number of amides is 1. The lowest BCUT2D eigenvalue weighted by atomic mass is 10.1. The summed E-state index contributed by atoms with van der Waals surface area (Å²) in [5.41, 5.74) is 1.11. The molecule has 0 saturated carbocycles. The molecule has 0 aliphatic carbocycles. The van der Waals surface area contributed by atoms with Gasteiger partial charge in [0.1, 0.15) is 5.70 Å². The Labute approximate surface area is 125 Å². The van der Waals surface area contributed by atoms with Crippen LogP contribution in [0, 0.1) is 0 Å². The van der Waals surface area contributed by atoms with E-state index in [1.54, 1.807) is 18.2 Å². The van der Waals surface area contributed by atoms with Crippen LogP contribution in [0.25, 0.3) is 6.08 Å². The van der Waals surface area contributed by atoms with Crippen LogP contribution in [0.2, 0.25) is 5.02 Å². The van der Waals surface area contributed by atoms with E-state index in [0.717, 1.165) is 12.0 Å². The van der Waals surface area contributed by atoms with Crippen LogP contribution in [0.5, 0.6) is 11.5 Å². The number of nitrogens with one attached hydrogen (secondary N) is 2. The zero-order valence-electron chi connectivity index (χ0n) is 10.4. The van der Waals surface area contributed by atoms with Crippen molar-refractivity contribution in [1.29, 1.82) is 0 Å². The maximum absolute atomic E-state index is 11.6. The number of thiocarbonyl (C=S) groups is 1. The molecule has 104 valence electrons. The molecule has 0 bridgehead atoms. The van der Waals surface area contributed by atoms with Crippen LogP contribution < -0.4 is 20.1 Å². The van der Waals surface area contributed by atoms with Gasteiger partial charge >= 0.3 is 0 Å². The smallest absolute Gasteiger partial charge is 0.273 e. The molecule has 1 aromatic rings. The Balaban J connectivity index is 1.97. The molecule has 2 heterocycles. The van der Waals surface area contributed by atoms with Crippen molar-refractivity contribution in [2.75, 3.05) is 13.2 Å². The summed E-state index contributed by atoms with van der Waals surface area (Å²) in [4.78, 5) is 11.6. The van der Waals surface area contributed by atoms with Crippen molar-refractivity contribution in [3.05, 3.63) is 28.4 Å². The summed E-state index contributed by atoms with van der Waals surface area (Å²) in [5.74, 6) is 0.867. The van der Waals surface area contributed by atoms with Gasteiger partial charge in [0.05, 0.1) is 18.2 Å². The molecule has 1 aromatic carbocycles. The number of hydrogen-bond acceptors (Lipinski definition) is 4. The van der Waals surface area contributed by atoms with Crippen LogP contribution in [-0.4, -0.2) is 24.2 Å². The molecule has 0 spiro atoms. The Morgan fingerprint density at radius 2 is 2.05 bits per heavy atom. The van der Waals surface area contributed by atoms with Gasteiger partial charge in [-0.3, -0.25) is 10.1 Å². The first-order chi connectivity index (χ1) is 9.63. The number of carbonyl (C=O) groups excluding carboxylic acids is 1. The molecule has 1 saturated heterocycles. The molecule has 2 N–H and O–H groups in total. The van der Waals surface area contributed by atoms with E-state index in [1.807, 2.05) is 0 Å². The fourth-order valence-electron chi connectivity index (χ4n) is 1.98. The average molecular weight is 311 g/mol. The summed E-state index contributed by atoms with van der Waals surface area (Å²) in [6.45, 7) is 1.15. The lowest BCUT2D eigenvalue weighted by molar-refractivity contribution is -0.115. The van der Waals surface area contributed by atoms with Gasteiger partial charge in [-0.2, -0.15) is 0 Å². The normalized spacial score (nSPS) is 19.6. The standard InChI is InChI=1S/C13H11ClN2O3S/c14-8-4-7(5-9-12(17)16-13(20)15-9)6-10-11(8)19-3-1-2-18-10/h4-6H,1-3H2,(H2,15,16,17,20)/b9-5-. The highest BCUT2D eigenvalue weighted by Crippen LogP contribution is 2.38. The first kappa shape index (κ1) is 13.2. The van der Waals surface area contributed by atoms with E-state index in [2.05, 4.69) is 10.6 Å². The van der Waals surface area contributed by atoms with Crippen LogP contribution >= 0.6 is 23.8 Å². The zero-order valence-corrected chi connectivity index (χ0v) is 11.9. The van der Waals surface area contributed by atoms with Gasteiger partial charge in [-0.15, -0.1) is 0 Å².